The Balaban J connectivity index is 1.58. The molecular formula is C15H22FN3. The molecule has 0 saturated carbocycles. The summed E-state index contributed by atoms with van der Waals surface area (Å²) in [6.07, 6.45) is 0. The van der Waals surface area contributed by atoms with Crippen molar-refractivity contribution in [2.45, 2.75) is 13.0 Å². The lowest BCUT2D eigenvalue weighted by atomic mass is 10.0. The summed E-state index contributed by atoms with van der Waals surface area (Å²) in [6, 6.07) is 7.54. The second-order valence-electron chi connectivity index (χ2n) is 5.70. The number of hydrogen-bond donors (Lipinski definition) is 1. The van der Waals surface area contributed by atoms with Gasteiger partial charge in [0.1, 0.15) is 5.82 Å². The number of nitrogens with zero attached hydrogens (tertiary/aromatic N) is 2. The first kappa shape index (κ1) is 12.9. The van der Waals surface area contributed by atoms with Crippen molar-refractivity contribution in [2.75, 3.05) is 44.2 Å². The minimum atomic E-state index is -0.159. The average Bonchev–Trinajstić information content (AvgIpc) is 2.86. The number of rotatable bonds is 2. The van der Waals surface area contributed by atoms with Crippen molar-refractivity contribution in [1.82, 2.24) is 10.2 Å². The van der Waals surface area contributed by atoms with E-state index in [1.54, 1.807) is 12.1 Å². The van der Waals surface area contributed by atoms with Crippen molar-refractivity contribution >= 4 is 5.69 Å². The zero-order valence-corrected chi connectivity index (χ0v) is 11.5. The van der Waals surface area contributed by atoms with Crippen molar-refractivity contribution in [2.24, 2.45) is 5.92 Å². The normalized spacial score (nSPS) is 28.8. The highest BCUT2D eigenvalue weighted by Gasteiger charge is 2.30. The maximum Gasteiger partial charge on any atom is 0.123 e. The van der Waals surface area contributed by atoms with Gasteiger partial charge in [-0.2, -0.15) is 0 Å². The van der Waals surface area contributed by atoms with E-state index in [1.807, 2.05) is 12.1 Å². The Morgan fingerprint density at radius 1 is 1.05 bits per heavy atom. The van der Waals surface area contributed by atoms with Crippen LogP contribution < -0.4 is 10.2 Å². The van der Waals surface area contributed by atoms with Gasteiger partial charge in [0.2, 0.25) is 0 Å². The van der Waals surface area contributed by atoms with E-state index in [1.165, 1.54) is 0 Å². The Morgan fingerprint density at radius 2 is 1.74 bits per heavy atom. The van der Waals surface area contributed by atoms with Crippen LogP contribution in [0.15, 0.2) is 24.3 Å². The summed E-state index contributed by atoms with van der Waals surface area (Å²) >= 11 is 0. The van der Waals surface area contributed by atoms with Crippen molar-refractivity contribution in [3.63, 3.8) is 0 Å². The number of benzene rings is 1. The highest BCUT2D eigenvalue weighted by atomic mass is 19.1. The number of anilines is 1. The SMILES string of the molecule is CC1CNCC1N1CCN(c2ccc(F)cc2)CC1. The fourth-order valence-electron chi connectivity index (χ4n) is 3.25. The summed E-state index contributed by atoms with van der Waals surface area (Å²) < 4.78 is 12.9. The molecule has 2 unspecified atom stereocenters. The standard InChI is InChI=1S/C15H22FN3/c1-12-10-17-11-15(12)19-8-6-18(7-9-19)14-4-2-13(16)3-5-14/h2-5,12,15,17H,6-11H2,1H3. The largest absolute Gasteiger partial charge is 0.369 e. The molecule has 0 aliphatic carbocycles. The van der Waals surface area contributed by atoms with Crippen LogP contribution in [0.4, 0.5) is 10.1 Å². The number of piperazine rings is 1. The summed E-state index contributed by atoms with van der Waals surface area (Å²) in [6.45, 7) is 8.88. The fraction of sp³-hybridized carbons (Fsp3) is 0.600. The van der Waals surface area contributed by atoms with Gasteiger partial charge in [0.25, 0.3) is 0 Å². The topological polar surface area (TPSA) is 18.5 Å². The molecule has 1 aromatic rings. The van der Waals surface area contributed by atoms with Gasteiger partial charge in [-0.15, -0.1) is 0 Å². The van der Waals surface area contributed by atoms with Crippen LogP contribution >= 0.6 is 0 Å². The molecule has 2 aliphatic heterocycles. The molecular weight excluding hydrogens is 241 g/mol. The van der Waals surface area contributed by atoms with Crippen LogP contribution in [0.5, 0.6) is 0 Å². The van der Waals surface area contributed by atoms with Gasteiger partial charge in [0, 0.05) is 44.5 Å². The average molecular weight is 263 g/mol. The predicted molar refractivity (Wildman–Crippen MR) is 76.0 cm³/mol. The lowest BCUT2D eigenvalue weighted by Crippen LogP contribution is -2.52. The van der Waals surface area contributed by atoms with E-state index in [9.17, 15) is 4.39 Å². The van der Waals surface area contributed by atoms with Crippen LogP contribution in [0.1, 0.15) is 6.92 Å². The van der Waals surface area contributed by atoms with Gasteiger partial charge in [-0.05, 0) is 36.7 Å². The van der Waals surface area contributed by atoms with Gasteiger partial charge in [-0.25, -0.2) is 4.39 Å². The molecule has 104 valence electrons. The molecule has 0 amide bonds. The molecule has 2 aliphatic rings. The lowest BCUT2D eigenvalue weighted by molar-refractivity contribution is 0.168. The summed E-state index contributed by atoms with van der Waals surface area (Å²) in [5.74, 6) is 0.589. The molecule has 2 saturated heterocycles. The van der Waals surface area contributed by atoms with Crippen molar-refractivity contribution < 1.29 is 4.39 Å². The minimum Gasteiger partial charge on any atom is -0.369 e. The third-order valence-electron chi connectivity index (χ3n) is 4.45. The second kappa shape index (κ2) is 5.47. The van der Waals surface area contributed by atoms with Crippen LogP contribution in [-0.4, -0.2) is 50.2 Å². The molecule has 2 atom stereocenters. The molecule has 1 aromatic carbocycles. The van der Waals surface area contributed by atoms with Gasteiger partial charge < -0.3 is 10.2 Å². The summed E-state index contributed by atoms with van der Waals surface area (Å²) in [5, 5.41) is 3.47. The molecule has 0 aromatic heterocycles. The predicted octanol–water partition coefficient (Wildman–Crippen LogP) is 1.56. The first-order chi connectivity index (χ1) is 9.24. The van der Waals surface area contributed by atoms with E-state index in [4.69, 9.17) is 0 Å². The van der Waals surface area contributed by atoms with E-state index in [-0.39, 0.29) is 5.82 Å². The third kappa shape index (κ3) is 2.74. The van der Waals surface area contributed by atoms with Crippen molar-refractivity contribution in [3.8, 4) is 0 Å². The second-order valence-corrected chi connectivity index (χ2v) is 5.70. The Morgan fingerprint density at radius 3 is 2.32 bits per heavy atom. The maximum absolute atomic E-state index is 12.9. The Kier molecular flexibility index (Phi) is 3.71. The van der Waals surface area contributed by atoms with Crippen LogP contribution in [0, 0.1) is 11.7 Å². The number of hydrogen-bond acceptors (Lipinski definition) is 3. The molecule has 19 heavy (non-hydrogen) atoms. The van der Waals surface area contributed by atoms with Crippen LogP contribution in [0.3, 0.4) is 0 Å². The van der Waals surface area contributed by atoms with Gasteiger partial charge in [0.05, 0.1) is 0 Å². The summed E-state index contributed by atoms with van der Waals surface area (Å²) in [5.41, 5.74) is 1.14. The fourth-order valence-corrected chi connectivity index (χ4v) is 3.25. The molecule has 0 spiro atoms. The first-order valence-electron chi connectivity index (χ1n) is 7.19. The monoisotopic (exact) mass is 263 g/mol. The van der Waals surface area contributed by atoms with E-state index < -0.39 is 0 Å². The van der Waals surface area contributed by atoms with Gasteiger partial charge >= 0.3 is 0 Å². The molecule has 2 heterocycles. The molecule has 3 rings (SSSR count). The smallest absolute Gasteiger partial charge is 0.123 e. The molecule has 0 bridgehead atoms. The highest BCUT2D eigenvalue weighted by molar-refractivity contribution is 5.46. The van der Waals surface area contributed by atoms with E-state index >= 15 is 0 Å². The van der Waals surface area contributed by atoms with Crippen LogP contribution in [0.2, 0.25) is 0 Å². The molecule has 0 radical (unpaired) electrons. The van der Waals surface area contributed by atoms with E-state index in [2.05, 4.69) is 22.0 Å². The summed E-state index contributed by atoms with van der Waals surface area (Å²) in [7, 11) is 0. The molecule has 1 N–H and O–H groups in total. The molecule has 4 heteroatoms. The Labute approximate surface area is 114 Å². The summed E-state index contributed by atoms with van der Waals surface area (Å²) in [4.78, 5) is 4.95. The molecule has 3 nitrogen and oxygen atoms in total. The quantitative estimate of drug-likeness (QED) is 0.873. The first-order valence-corrected chi connectivity index (χ1v) is 7.19. The van der Waals surface area contributed by atoms with E-state index in [0.29, 0.717) is 6.04 Å². The maximum atomic E-state index is 12.9. The minimum absolute atomic E-state index is 0.159. The Bertz CT molecular complexity index is 412. The van der Waals surface area contributed by atoms with Crippen molar-refractivity contribution in [1.29, 1.82) is 0 Å². The zero-order valence-electron chi connectivity index (χ0n) is 11.5. The van der Waals surface area contributed by atoms with Crippen LogP contribution in [-0.2, 0) is 0 Å². The zero-order chi connectivity index (χ0) is 13.2. The highest BCUT2D eigenvalue weighted by Crippen LogP contribution is 2.21. The van der Waals surface area contributed by atoms with Gasteiger partial charge in [-0.3, -0.25) is 4.90 Å². The van der Waals surface area contributed by atoms with Gasteiger partial charge in [-0.1, -0.05) is 6.92 Å². The third-order valence-corrected chi connectivity index (χ3v) is 4.45. The number of halogens is 1. The van der Waals surface area contributed by atoms with E-state index in [0.717, 1.165) is 50.9 Å². The Hall–Kier alpha value is -1.13. The van der Waals surface area contributed by atoms with Gasteiger partial charge in [0.15, 0.2) is 0 Å². The lowest BCUT2D eigenvalue weighted by Gasteiger charge is -2.40. The van der Waals surface area contributed by atoms with Crippen molar-refractivity contribution in [3.05, 3.63) is 30.1 Å². The van der Waals surface area contributed by atoms with Crippen LogP contribution in [0.25, 0.3) is 0 Å². The molecule has 2 fully saturated rings. The number of nitrogens with one attached hydrogen (secondary N) is 1.